The van der Waals surface area contributed by atoms with Gasteiger partial charge < -0.3 is 10.2 Å². The number of aromatic nitrogens is 2. The van der Waals surface area contributed by atoms with Crippen molar-refractivity contribution in [2.24, 2.45) is 0 Å². The number of rotatable bonds is 7. The van der Waals surface area contributed by atoms with Gasteiger partial charge in [0.15, 0.2) is 0 Å². The number of halogens is 1. The molecule has 1 amide bonds. The van der Waals surface area contributed by atoms with Crippen molar-refractivity contribution in [2.45, 2.75) is 27.2 Å². The van der Waals surface area contributed by atoms with E-state index in [0.29, 0.717) is 23.1 Å². The topological polar surface area (TPSA) is 58.1 Å². The van der Waals surface area contributed by atoms with Crippen LogP contribution >= 0.6 is 11.6 Å². The first-order valence-electron chi connectivity index (χ1n) is 8.16. The Morgan fingerprint density at radius 1 is 1.17 bits per heavy atom. The van der Waals surface area contributed by atoms with Gasteiger partial charge in [-0.25, -0.2) is 9.97 Å². The largest absolute Gasteiger partial charge is 0.357 e. The van der Waals surface area contributed by atoms with E-state index in [0.717, 1.165) is 30.9 Å². The highest BCUT2D eigenvalue weighted by Gasteiger charge is 2.12. The van der Waals surface area contributed by atoms with Crippen molar-refractivity contribution >= 4 is 23.3 Å². The van der Waals surface area contributed by atoms with E-state index in [9.17, 15) is 4.79 Å². The summed E-state index contributed by atoms with van der Waals surface area (Å²) in [5, 5.41) is 3.62. The smallest absolute Gasteiger partial charge is 0.270 e. The minimum atomic E-state index is -0.178. The molecule has 0 aliphatic carbocycles. The fourth-order valence-corrected chi connectivity index (χ4v) is 2.57. The van der Waals surface area contributed by atoms with Crippen LogP contribution in [0.5, 0.6) is 0 Å². The summed E-state index contributed by atoms with van der Waals surface area (Å²) in [7, 11) is 0. The molecule has 1 aromatic heterocycles. The highest BCUT2D eigenvalue weighted by molar-refractivity contribution is 6.30. The second-order valence-corrected chi connectivity index (χ2v) is 5.90. The molecular weight excluding hydrogens is 324 g/mol. The van der Waals surface area contributed by atoms with Crippen molar-refractivity contribution in [1.29, 1.82) is 0 Å². The molecule has 0 saturated heterocycles. The molecule has 1 N–H and O–H groups in total. The van der Waals surface area contributed by atoms with E-state index in [-0.39, 0.29) is 5.91 Å². The first-order chi connectivity index (χ1) is 11.5. The zero-order valence-electron chi connectivity index (χ0n) is 14.3. The van der Waals surface area contributed by atoms with Crippen LogP contribution in [0.2, 0.25) is 5.02 Å². The predicted molar refractivity (Wildman–Crippen MR) is 97.8 cm³/mol. The lowest BCUT2D eigenvalue weighted by Gasteiger charge is -2.20. The third-order valence-corrected chi connectivity index (χ3v) is 4.01. The standard InChI is InChI=1S/C18H23ClN4O/c1-4-23(5-2)17-12-16(21-13(3)22-17)18(24)20-11-10-14-6-8-15(19)9-7-14/h6-9,12H,4-5,10-11H2,1-3H3,(H,20,24). The summed E-state index contributed by atoms with van der Waals surface area (Å²) in [4.78, 5) is 23.1. The molecule has 2 aromatic rings. The van der Waals surface area contributed by atoms with E-state index in [1.165, 1.54) is 0 Å². The molecule has 0 spiro atoms. The third kappa shape index (κ3) is 4.93. The number of carbonyl (C=O) groups is 1. The van der Waals surface area contributed by atoms with Crippen LogP contribution in [0.25, 0.3) is 0 Å². The second kappa shape index (κ2) is 8.64. The number of nitrogens with zero attached hydrogens (tertiary/aromatic N) is 3. The summed E-state index contributed by atoms with van der Waals surface area (Å²) >= 11 is 5.87. The van der Waals surface area contributed by atoms with Gasteiger partial charge in [0, 0.05) is 30.7 Å². The van der Waals surface area contributed by atoms with Gasteiger partial charge in [-0.15, -0.1) is 0 Å². The number of hydrogen-bond donors (Lipinski definition) is 1. The van der Waals surface area contributed by atoms with Crippen molar-refractivity contribution in [3.05, 3.63) is 52.4 Å². The van der Waals surface area contributed by atoms with Crippen molar-refractivity contribution in [1.82, 2.24) is 15.3 Å². The number of aryl methyl sites for hydroxylation is 1. The molecule has 6 heteroatoms. The minimum absolute atomic E-state index is 0.178. The summed E-state index contributed by atoms with van der Waals surface area (Å²) in [6, 6.07) is 9.37. The van der Waals surface area contributed by atoms with Gasteiger partial charge in [0.1, 0.15) is 17.3 Å². The van der Waals surface area contributed by atoms with Gasteiger partial charge >= 0.3 is 0 Å². The fraction of sp³-hybridized carbons (Fsp3) is 0.389. The Kier molecular flexibility index (Phi) is 6.55. The highest BCUT2D eigenvalue weighted by atomic mass is 35.5. The number of carbonyl (C=O) groups excluding carboxylic acids is 1. The van der Waals surface area contributed by atoms with E-state index >= 15 is 0 Å². The predicted octanol–water partition coefficient (Wildman–Crippen LogP) is 3.26. The lowest BCUT2D eigenvalue weighted by Crippen LogP contribution is -2.28. The molecule has 128 valence electrons. The van der Waals surface area contributed by atoms with Crippen LogP contribution in [-0.2, 0) is 6.42 Å². The van der Waals surface area contributed by atoms with E-state index in [1.54, 1.807) is 13.0 Å². The molecule has 1 heterocycles. The molecule has 0 atom stereocenters. The molecule has 0 unspecified atom stereocenters. The Bertz CT molecular complexity index is 684. The molecule has 0 saturated carbocycles. The Morgan fingerprint density at radius 3 is 2.46 bits per heavy atom. The second-order valence-electron chi connectivity index (χ2n) is 5.46. The number of nitrogens with one attached hydrogen (secondary N) is 1. The van der Waals surface area contributed by atoms with Gasteiger partial charge in [0.25, 0.3) is 5.91 Å². The zero-order valence-corrected chi connectivity index (χ0v) is 15.1. The summed E-state index contributed by atoms with van der Waals surface area (Å²) in [5.41, 5.74) is 1.53. The fourth-order valence-electron chi connectivity index (χ4n) is 2.44. The molecule has 5 nitrogen and oxygen atoms in total. The summed E-state index contributed by atoms with van der Waals surface area (Å²) < 4.78 is 0. The van der Waals surface area contributed by atoms with E-state index in [1.807, 2.05) is 24.3 Å². The average Bonchev–Trinajstić information content (AvgIpc) is 2.57. The van der Waals surface area contributed by atoms with Gasteiger partial charge in [-0.2, -0.15) is 0 Å². The van der Waals surface area contributed by atoms with Crippen molar-refractivity contribution in [3.63, 3.8) is 0 Å². The molecule has 0 aliphatic rings. The maximum absolute atomic E-state index is 12.4. The number of benzene rings is 1. The van der Waals surface area contributed by atoms with Crippen molar-refractivity contribution in [3.8, 4) is 0 Å². The normalized spacial score (nSPS) is 10.5. The Hall–Kier alpha value is -2.14. The van der Waals surface area contributed by atoms with Crippen LogP contribution in [0.15, 0.2) is 30.3 Å². The maximum Gasteiger partial charge on any atom is 0.270 e. The van der Waals surface area contributed by atoms with Crippen LogP contribution in [0.1, 0.15) is 35.7 Å². The monoisotopic (exact) mass is 346 g/mol. The van der Waals surface area contributed by atoms with E-state index in [2.05, 4.69) is 34.0 Å². The van der Waals surface area contributed by atoms with Gasteiger partial charge in [-0.3, -0.25) is 4.79 Å². The number of hydrogen-bond acceptors (Lipinski definition) is 4. The summed E-state index contributed by atoms with van der Waals surface area (Å²) in [6.45, 7) is 8.15. The summed E-state index contributed by atoms with van der Waals surface area (Å²) in [6.07, 6.45) is 0.746. The molecule has 1 aromatic carbocycles. The zero-order chi connectivity index (χ0) is 17.5. The molecule has 0 aliphatic heterocycles. The SMILES string of the molecule is CCN(CC)c1cc(C(=O)NCCc2ccc(Cl)cc2)nc(C)n1. The summed E-state index contributed by atoms with van der Waals surface area (Å²) in [5.74, 6) is 1.21. The lowest BCUT2D eigenvalue weighted by molar-refractivity contribution is 0.0948. The quantitative estimate of drug-likeness (QED) is 0.836. The number of amides is 1. The van der Waals surface area contributed by atoms with Gasteiger partial charge in [0.2, 0.25) is 0 Å². The van der Waals surface area contributed by atoms with Crippen LogP contribution in [0.4, 0.5) is 5.82 Å². The Labute approximate surface area is 148 Å². The molecule has 0 radical (unpaired) electrons. The average molecular weight is 347 g/mol. The van der Waals surface area contributed by atoms with Gasteiger partial charge in [-0.1, -0.05) is 23.7 Å². The van der Waals surface area contributed by atoms with E-state index in [4.69, 9.17) is 11.6 Å². The lowest BCUT2D eigenvalue weighted by atomic mass is 10.1. The Balaban J connectivity index is 2.00. The third-order valence-electron chi connectivity index (χ3n) is 3.76. The maximum atomic E-state index is 12.4. The van der Waals surface area contributed by atoms with Crippen LogP contribution in [0, 0.1) is 6.92 Å². The molecule has 0 bridgehead atoms. The molecule has 0 fully saturated rings. The highest BCUT2D eigenvalue weighted by Crippen LogP contribution is 2.13. The van der Waals surface area contributed by atoms with Crippen molar-refractivity contribution < 1.29 is 4.79 Å². The van der Waals surface area contributed by atoms with Crippen LogP contribution in [0.3, 0.4) is 0 Å². The van der Waals surface area contributed by atoms with Gasteiger partial charge in [0.05, 0.1) is 0 Å². The molecular formula is C18H23ClN4O. The van der Waals surface area contributed by atoms with Gasteiger partial charge in [-0.05, 0) is 44.9 Å². The number of anilines is 1. The minimum Gasteiger partial charge on any atom is -0.357 e. The first kappa shape index (κ1) is 18.2. The Morgan fingerprint density at radius 2 is 1.83 bits per heavy atom. The van der Waals surface area contributed by atoms with Crippen molar-refractivity contribution in [2.75, 3.05) is 24.5 Å². The van der Waals surface area contributed by atoms with Crippen LogP contribution in [-0.4, -0.2) is 35.5 Å². The van der Waals surface area contributed by atoms with E-state index < -0.39 is 0 Å². The molecule has 24 heavy (non-hydrogen) atoms. The molecule has 2 rings (SSSR count). The van der Waals surface area contributed by atoms with Crippen LogP contribution < -0.4 is 10.2 Å². The first-order valence-corrected chi connectivity index (χ1v) is 8.54.